The van der Waals surface area contributed by atoms with Gasteiger partial charge in [-0.05, 0) is 17.5 Å². The van der Waals surface area contributed by atoms with Gasteiger partial charge in [0.15, 0.2) is 0 Å². The lowest BCUT2D eigenvalue weighted by Crippen LogP contribution is -2.17. The largest absolute Gasteiger partial charge is 0.394 e. The highest BCUT2D eigenvalue weighted by Crippen LogP contribution is 2.21. The molecule has 0 amide bonds. The molecule has 74 valence electrons. The zero-order valence-corrected chi connectivity index (χ0v) is 8.14. The minimum absolute atomic E-state index is 0.0236. The quantitative estimate of drug-likeness (QED) is 0.747. The molecule has 1 aromatic carbocycles. The average Bonchev–Trinajstić information content (AvgIpc) is 2.56. The zero-order chi connectivity index (χ0) is 10.1. The Hall–Kier alpha value is -1.32. The Bertz CT molecular complexity index is 447. The minimum atomic E-state index is -0.299. The monoisotopic (exact) mass is 190 g/mol. The summed E-state index contributed by atoms with van der Waals surface area (Å²) in [5.41, 5.74) is 7.90. The van der Waals surface area contributed by atoms with Crippen LogP contribution in [0.3, 0.4) is 0 Å². The normalized spacial score (nSPS) is 13.4. The molecule has 0 unspecified atom stereocenters. The minimum Gasteiger partial charge on any atom is -0.394 e. The van der Waals surface area contributed by atoms with Gasteiger partial charge in [0, 0.05) is 18.3 Å². The predicted molar refractivity (Wildman–Crippen MR) is 56.9 cm³/mol. The fourth-order valence-corrected chi connectivity index (χ4v) is 1.76. The van der Waals surface area contributed by atoms with Crippen LogP contribution >= 0.6 is 0 Å². The second-order valence-electron chi connectivity index (χ2n) is 3.48. The van der Waals surface area contributed by atoms with Gasteiger partial charge in [0.25, 0.3) is 0 Å². The van der Waals surface area contributed by atoms with Gasteiger partial charge in [-0.2, -0.15) is 0 Å². The van der Waals surface area contributed by atoms with Crippen molar-refractivity contribution in [3.63, 3.8) is 0 Å². The molecule has 2 aromatic rings. The van der Waals surface area contributed by atoms with E-state index in [1.54, 1.807) is 0 Å². The lowest BCUT2D eigenvalue weighted by Gasteiger charge is -2.09. The number of aryl methyl sites for hydroxylation is 1. The smallest absolute Gasteiger partial charge is 0.0685 e. The number of para-hydroxylation sites is 1. The summed E-state index contributed by atoms with van der Waals surface area (Å²) in [6.07, 6.45) is 0. The number of nitrogens with two attached hydrogens (primary N) is 1. The molecule has 0 radical (unpaired) electrons. The van der Waals surface area contributed by atoms with Crippen LogP contribution in [0.1, 0.15) is 11.7 Å². The number of nitrogens with zero attached hydrogens (tertiary/aromatic N) is 1. The number of hydrogen-bond donors (Lipinski definition) is 2. The van der Waals surface area contributed by atoms with E-state index in [1.807, 2.05) is 41.9 Å². The number of benzene rings is 1. The third kappa shape index (κ3) is 1.31. The van der Waals surface area contributed by atoms with Gasteiger partial charge in [-0.15, -0.1) is 0 Å². The number of fused-ring (bicyclic) bond motifs is 1. The van der Waals surface area contributed by atoms with Crippen LogP contribution in [0.15, 0.2) is 30.3 Å². The Kier molecular flexibility index (Phi) is 2.27. The Morgan fingerprint density at radius 3 is 2.79 bits per heavy atom. The fraction of sp³-hybridized carbons (Fsp3) is 0.273. The molecule has 0 aliphatic carbocycles. The molecule has 0 fully saturated rings. The topological polar surface area (TPSA) is 51.2 Å². The first kappa shape index (κ1) is 9.24. The summed E-state index contributed by atoms with van der Waals surface area (Å²) in [4.78, 5) is 0. The first-order valence-corrected chi connectivity index (χ1v) is 4.65. The number of aliphatic hydroxyl groups excluding tert-OH is 1. The highest BCUT2D eigenvalue weighted by atomic mass is 16.3. The number of aromatic nitrogens is 1. The van der Waals surface area contributed by atoms with Crippen molar-refractivity contribution in [2.45, 2.75) is 6.04 Å². The highest BCUT2D eigenvalue weighted by molar-refractivity contribution is 5.81. The van der Waals surface area contributed by atoms with E-state index in [4.69, 9.17) is 10.8 Å². The van der Waals surface area contributed by atoms with Crippen LogP contribution in [0.25, 0.3) is 10.9 Å². The number of hydrogen-bond acceptors (Lipinski definition) is 2. The van der Waals surface area contributed by atoms with E-state index in [9.17, 15) is 0 Å². The van der Waals surface area contributed by atoms with Gasteiger partial charge in [-0.3, -0.25) is 0 Å². The maximum Gasteiger partial charge on any atom is 0.0685 e. The Balaban J connectivity index is 2.62. The third-order valence-corrected chi connectivity index (χ3v) is 2.57. The van der Waals surface area contributed by atoms with Crippen molar-refractivity contribution in [1.82, 2.24) is 4.57 Å². The molecule has 0 aliphatic rings. The molecule has 1 heterocycles. The maximum absolute atomic E-state index is 9.00. The van der Waals surface area contributed by atoms with Gasteiger partial charge in [0.2, 0.25) is 0 Å². The fourth-order valence-electron chi connectivity index (χ4n) is 1.76. The Morgan fingerprint density at radius 1 is 1.43 bits per heavy atom. The van der Waals surface area contributed by atoms with Gasteiger partial charge in [-0.1, -0.05) is 18.2 Å². The van der Waals surface area contributed by atoms with E-state index >= 15 is 0 Å². The van der Waals surface area contributed by atoms with Gasteiger partial charge < -0.3 is 15.4 Å². The summed E-state index contributed by atoms with van der Waals surface area (Å²) in [5, 5.41) is 10.2. The highest BCUT2D eigenvalue weighted by Gasteiger charge is 2.10. The maximum atomic E-state index is 9.00. The third-order valence-electron chi connectivity index (χ3n) is 2.57. The van der Waals surface area contributed by atoms with E-state index < -0.39 is 0 Å². The average molecular weight is 190 g/mol. The lowest BCUT2D eigenvalue weighted by atomic mass is 10.2. The van der Waals surface area contributed by atoms with Crippen molar-refractivity contribution in [3.05, 3.63) is 36.0 Å². The zero-order valence-electron chi connectivity index (χ0n) is 8.14. The van der Waals surface area contributed by atoms with E-state index in [0.29, 0.717) is 0 Å². The second-order valence-corrected chi connectivity index (χ2v) is 3.48. The molecule has 2 rings (SSSR count). The van der Waals surface area contributed by atoms with Crippen LogP contribution in [0.2, 0.25) is 0 Å². The second kappa shape index (κ2) is 3.44. The van der Waals surface area contributed by atoms with Crippen molar-refractivity contribution in [3.8, 4) is 0 Å². The molecule has 0 aliphatic heterocycles. The molecule has 0 saturated heterocycles. The van der Waals surface area contributed by atoms with Crippen LogP contribution in [0, 0.1) is 0 Å². The molecule has 1 aromatic heterocycles. The Morgan fingerprint density at radius 2 is 2.14 bits per heavy atom. The van der Waals surface area contributed by atoms with Crippen LogP contribution < -0.4 is 5.73 Å². The molecule has 1 atom stereocenters. The SMILES string of the molecule is Cn1c([C@@H](N)CO)cc2ccccc21. The summed E-state index contributed by atoms with van der Waals surface area (Å²) in [6, 6.07) is 9.81. The Labute approximate surface area is 82.8 Å². The first-order chi connectivity index (χ1) is 6.74. The van der Waals surface area contributed by atoms with E-state index in [2.05, 4.69) is 0 Å². The van der Waals surface area contributed by atoms with Crippen LogP contribution in [-0.4, -0.2) is 16.3 Å². The molecule has 0 bridgehead atoms. The van der Waals surface area contributed by atoms with Crippen LogP contribution in [-0.2, 0) is 7.05 Å². The molecule has 3 N–H and O–H groups in total. The van der Waals surface area contributed by atoms with Gasteiger partial charge in [0.05, 0.1) is 12.6 Å². The molecule has 14 heavy (non-hydrogen) atoms. The molecule has 3 heteroatoms. The molecule has 3 nitrogen and oxygen atoms in total. The standard InChI is InChI=1S/C11H14N2O/c1-13-10-5-3-2-4-8(10)6-11(13)9(12)7-14/h2-6,9,14H,7,12H2,1H3/t9-/m0/s1. The summed E-state index contributed by atoms with van der Waals surface area (Å²) in [5.74, 6) is 0. The van der Waals surface area contributed by atoms with E-state index in [-0.39, 0.29) is 12.6 Å². The van der Waals surface area contributed by atoms with Crippen molar-refractivity contribution in [1.29, 1.82) is 0 Å². The summed E-state index contributed by atoms with van der Waals surface area (Å²) in [6.45, 7) is -0.0236. The van der Waals surface area contributed by atoms with Crippen LogP contribution in [0.5, 0.6) is 0 Å². The van der Waals surface area contributed by atoms with Crippen molar-refractivity contribution >= 4 is 10.9 Å². The molecule has 0 saturated carbocycles. The van der Waals surface area contributed by atoms with Gasteiger partial charge in [0.1, 0.15) is 0 Å². The first-order valence-electron chi connectivity index (χ1n) is 4.65. The van der Waals surface area contributed by atoms with Crippen molar-refractivity contribution in [2.75, 3.05) is 6.61 Å². The van der Waals surface area contributed by atoms with E-state index in [1.165, 1.54) is 0 Å². The number of aliphatic hydroxyl groups is 1. The molecule has 0 spiro atoms. The molecular formula is C11H14N2O. The van der Waals surface area contributed by atoms with Crippen LogP contribution in [0.4, 0.5) is 0 Å². The number of rotatable bonds is 2. The lowest BCUT2D eigenvalue weighted by molar-refractivity contribution is 0.264. The van der Waals surface area contributed by atoms with Gasteiger partial charge >= 0.3 is 0 Å². The van der Waals surface area contributed by atoms with Crippen molar-refractivity contribution in [2.24, 2.45) is 12.8 Å². The van der Waals surface area contributed by atoms with Gasteiger partial charge in [-0.25, -0.2) is 0 Å². The van der Waals surface area contributed by atoms with Crippen molar-refractivity contribution < 1.29 is 5.11 Å². The summed E-state index contributed by atoms with van der Waals surface area (Å²) >= 11 is 0. The summed E-state index contributed by atoms with van der Waals surface area (Å²) < 4.78 is 2.02. The van der Waals surface area contributed by atoms with E-state index in [0.717, 1.165) is 16.6 Å². The molecular weight excluding hydrogens is 176 g/mol. The summed E-state index contributed by atoms with van der Waals surface area (Å²) in [7, 11) is 1.97. The predicted octanol–water partition coefficient (Wildman–Crippen LogP) is 1.17.